The Morgan fingerprint density at radius 3 is 2.82 bits per heavy atom. The molecule has 154 valence electrons. The molecule has 2 amide bonds. The highest BCUT2D eigenvalue weighted by Crippen LogP contribution is 2.36. The molecule has 0 saturated carbocycles. The number of rotatable bonds is 4. The summed E-state index contributed by atoms with van der Waals surface area (Å²) in [4.78, 5) is 27.8. The topological polar surface area (TPSA) is 107 Å². The Balaban J connectivity index is 1.61. The third-order valence-electron chi connectivity index (χ3n) is 5.08. The molecule has 0 radical (unpaired) electrons. The van der Waals surface area contributed by atoms with Gasteiger partial charge in [0.05, 0.1) is 21.5 Å². The molecule has 2 aliphatic rings. The summed E-state index contributed by atoms with van der Waals surface area (Å²) < 4.78 is 40.3. The second kappa shape index (κ2) is 8.62. The zero-order chi connectivity index (χ0) is 20.2. The summed E-state index contributed by atoms with van der Waals surface area (Å²) in [5.74, 6) is -0.806. The number of hydrogen-bond donors (Lipinski definition) is 1. The molecule has 0 aliphatic carbocycles. The van der Waals surface area contributed by atoms with Crippen LogP contribution in [0.15, 0.2) is 22.7 Å². The number of ether oxygens (including phenoxy) is 2. The van der Waals surface area contributed by atoms with Gasteiger partial charge in [-0.25, -0.2) is 13.6 Å². The standard InChI is InChI=1S/C18H24FN3O5S/c1-26-12-16(23)22-28(25)8-5-18(6-9-28)10-14(4-7-27-18)21-17(24)15-3-2-13(19)11-20-15/h2-3,11,14H,4-10,12H2,1H3,(H,21,24). The van der Waals surface area contributed by atoms with E-state index in [1.165, 1.54) is 19.2 Å². The fourth-order valence-electron chi connectivity index (χ4n) is 3.61. The Labute approximate surface area is 163 Å². The van der Waals surface area contributed by atoms with E-state index >= 15 is 0 Å². The molecule has 3 heterocycles. The molecular formula is C18H24FN3O5S. The van der Waals surface area contributed by atoms with Gasteiger partial charge < -0.3 is 14.8 Å². The molecule has 10 heteroatoms. The van der Waals surface area contributed by atoms with Crippen LogP contribution in [0, 0.1) is 5.82 Å². The van der Waals surface area contributed by atoms with Crippen molar-refractivity contribution in [2.45, 2.75) is 37.3 Å². The lowest BCUT2D eigenvalue weighted by molar-refractivity contribution is -0.121. The third-order valence-corrected chi connectivity index (χ3v) is 7.30. The maximum Gasteiger partial charge on any atom is 0.279 e. The summed E-state index contributed by atoms with van der Waals surface area (Å²) in [6.45, 7) is 0.299. The maximum atomic E-state index is 13.0. The number of halogens is 1. The zero-order valence-electron chi connectivity index (χ0n) is 15.7. The highest BCUT2D eigenvalue weighted by molar-refractivity contribution is 7.93. The van der Waals surface area contributed by atoms with Crippen molar-refractivity contribution < 1.29 is 27.7 Å². The van der Waals surface area contributed by atoms with Crippen molar-refractivity contribution >= 4 is 21.5 Å². The van der Waals surface area contributed by atoms with E-state index < -0.39 is 27.1 Å². The van der Waals surface area contributed by atoms with Crippen LogP contribution in [0.2, 0.25) is 0 Å². The number of nitrogens with zero attached hydrogens (tertiary/aromatic N) is 2. The van der Waals surface area contributed by atoms with Gasteiger partial charge in [0.15, 0.2) is 0 Å². The van der Waals surface area contributed by atoms with Crippen LogP contribution in [0.3, 0.4) is 0 Å². The maximum absolute atomic E-state index is 13.0. The summed E-state index contributed by atoms with van der Waals surface area (Å²) in [5.41, 5.74) is -0.322. The van der Waals surface area contributed by atoms with Crippen LogP contribution in [0.4, 0.5) is 4.39 Å². The van der Waals surface area contributed by atoms with Gasteiger partial charge in [0, 0.05) is 31.3 Å². The molecule has 3 rings (SSSR count). The molecular weight excluding hydrogens is 389 g/mol. The second-order valence-corrected chi connectivity index (χ2v) is 9.70. The van der Waals surface area contributed by atoms with Gasteiger partial charge in [-0.1, -0.05) is 0 Å². The van der Waals surface area contributed by atoms with Crippen LogP contribution in [0.1, 0.15) is 36.2 Å². The number of hydrogen-bond acceptors (Lipinski definition) is 6. The van der Waals surface area contributed by atoms with Crippen LogP contribution < -0.4 is 5.32 Å². The Bertz CT molecular complexity index is 837. The molecule has 2 saturated heterocycles. The minimum atomic E-state index is -2.59. The Morgan fingerprint density at radius 1 is 1.43 bits per heavy atom. The summed E-state index contributed by atoms with van der Waals surface area (Å²) in [7, 11) is -1.20. The first-order valence-electron chi connectivity index (χ1n) is 9.14. The Kier molecular flexibility index (Phi) is 6.41. The number of pyridine rings is 1. The molecule has 1 atom stereocenters. The highest BCUT2D eigenvalue weighted by atomic mass is 32.2. The number of aromatic nitrogens is 1. The number of methoxy groups -OCH3 is 1. The lowest BCUT2D eigenvalue weighted by atomic mass is 9.85. The van der Waals surface area contributed by atoms with Crippen LogP contribution in [0.5, 0.6) is 0 Å². The van der Waals surface area contributed by atoms with Crippen molar-refractivity contribution in [3.05, 3.63) is 29.8 Å². The molecule has 1 unspecified atom stereocenters. The van der Waals surface area contributed by atoms with Crippen LogP contribution in [0.25, 0.3) is 0 Å². The van der Waals surface area contributed by atoms with Crippen LogP contribution in [-0.4, -0.2) is 64.5 Å². The van der Waals surface area contributed by atoms with Crippen molar-refractivity contribution in [2.75, 3.05) is 31.8 Å². The van der Waals surface area contributed by atoms with Crippen LogP contribution >= 0.6 is 0 Å². The SMILES string of the molecule is COCC(=O)N=S1(=O)CCC2(CC1)CC(NC(=O)c1ccc(F)cn1)CCO2. The van der Waals surface area contributed by atoms with E-state index in [9.17, 15) is 18.2 Å². The normalized spacial score (nSPS) is 30.0. The predicted octanol–water partition coefficient (Wildman–Crippen LogP) is 1.30. The van der Waals surface area contributed by atoms with Crippen molar-refractivity contribution in [2.24, 2.45) is 4.36 Å². The van der Waals surface area contributed by atoms with Gasteiger partial charge in [-0.2, -0.15) is 4.36 Å². The Morgan fingerprint density at radius 2 is 2.18 bits per heavy atom. The molecule has 2 aliphatic heterocycles. The monoisotopic (exact) mass is 413 g/mol. The first-order chi connectivity index (χ1) is 13.3. The highest BCUT2D eigenvalue weighted by Gasteiger charge is 2.42. The number of carbonyl (C=O) groups excluding carboxylic acids is 2. The predicted molar refractivity (Wildman–Crippen MR) is 99.8 cm³/mol. The summed E-state index contributed by atoms with van der Waals surface area (Å²) in [6, 6.07) is 2.42. The van der Waals surface area contributed by atoms with Crippen molar-refractivity contribution in [1.29, 1.82) is 0 Å². The smallest absolute Gasteiger partial charge is 0.279 e. The van der Waals surface area contributed by atoms with E-state index in [0.29, 0.717) is 32.3 Å². The summed E-state index contributed by atoms with van der Waals surface area (Å²) in [6.07, 6.45) is 3.27. The van der Waals surface area contributed by atoms with Crippen LogP contribution in [-0.2, 0) is 24.0 Å². The van der Waals surface area contributed by atoms with Crippen molar-refractivity contribution in [1.82, 2.24) is 10.3 Å². The Hall–Kier alpha value is -1.91. The number of nitrogens with one attached hydrogen (secondary N) is 1. The molecule has 8 nitrogen and oxygen atoms in total. The molecule has 2 fully saturated rings. The quantitative estimate of drug-likeness (QED) is 0.797. The molecule has 1 spiro atoms. The van der Waals surface area contributed by atoms with E-state index in [0.717, 1.165) is 6.20 Å². The fourth-order valence-corrected chi connectivity index (χ4v) is 5.81. The van der Waals surface area contributed by atoms with Gasteiger partial charge >= 0.3 is 0 Å². The average Bonchev–Trinajstić information content (AvgIpc) is 2.66. The van der Waals surface area contributed by atoms with Gasteiger partial charge in [-0.05, 0) is 37.8 Å². The zero-order valence-corrected chi connectivity index (χ0v) is 16.5. The number of carbonyl (C=O) groups is 2. The van der Waals surface area contributed by atoms with E-state index in [2.05, 4.69) is 14.7 Å². The molecule has 1 aromatic rings. The van der Waals surface area contributed by atoms with E-state index in [-0.39, 0.29) is 35.8 Å². The second-order valence-electron chi connectivity index (χ2n) is 7.16. The van der Waals surface area contributed by atoms with Gasteiger partial charge in [-0.3, -0.25) is 9.59 Å². The van der Waals surface area contributed by atoms with E-state index in [1.54, 1.807) is 0 Å². The van der Waals surface area contributed by atoms with Gasteiger partial charge in [0.2, 0.25) is 0 Å². The molecule has 0 bridgehead atoms. The first-order valence-corrected chi connectivity index (χ1v) is 11.0. The summed E-state index contributed by atoms with van der Waals surface area (Å²) >= 11 is 0. The lowest BCUT2D eigenvalue weighted by Gasteiger charge is -2.44. The summed E-state index contributed by atoms with van der Waals surface area (Å²) in [5, 5.41) is 2.93. The van der Waals surface area contributed by atoms with Crippen molar-refractivity contribution in [3.63, 3.8) is 0 Å². The van der Waals surface area contributed by atoms with Gasteiger partial charge in [0.25, 0.3) is 11.8 Å². The lowest BCUT2D eigenvalue weighted by Crippen LogP contribution is -2.52. The largest absolute Gasteiger partial charge is 0.375 e. The number of amides is 2. The van der Waals surface area contributed by atoms with Crippen molar-refractivity contribution in [3.8, 4) is 0 Å². The van der Waals surface area contributed by atoms with Gasteiger partial charge in [-0.15, -0.1) is 0 Å². The fraction of sp³-hybridized carbons (Fsp3) is 0.611. The van der Waals surface area contributed by atoms with E-state index in [1.807, 2.05) is 0 Å². The molecule has 1 aromatic heterocycles. The minimum Gasteiger partial charge on any atom is -0.375 e. The first kappa shape index (κ1) is 20.8. The molecule has 0 aromatic carbocycles. The average molecular weight is 413 g/mol. The molecule has 1 N–H and O–H groups in total. The van der Waals surface area contributed by atoms with Gasteiger partial charge in [0.1, 0.15) is 18.1 Å². The third kappa shape index (κ3) is 5.12. The molecule has 28 heavy (non-hydrogen) atoms. The minimum absolute atomic E-state index is 0.116. The van der Waals surface area contributed by atoms with E-state index in [4.69, 9.17) is 9.47 Å².